The van der Waals surface area contributed by atoms with Crippen LogP contribution in [0.25, 0.3) is 0 Å². The molecule has 34 heavy (non-hydrogen) atoms. The number of nitrogens with zero attached hydrogens (tertiary/aromatic N) is 1. The lowest BCUT2D eigenvalue weighted by atomic mass is 10.4. The molecule has 0 bridgehead atoms. The lowest BCUT2D eigenvalue weighted by molar-refractivity contribution is -0.127. The van der Waals surface area contributed by atoms with Crippen molar-refractivity contribution in [2.24, 2.45) is 0 Å². The van der Waals surface area contributed by atoms with Crippen molar-refractivity contribution in [3.63, 3.8) is 0 Å². The van der Waals surface area contributed by atoms with Crippen LogP contribution >= 0.6 is 17.2 Å². The lowest BCUT2D eigenvalue weighted by Crippen LogP contribution is -2.31. The van der Waals surface area contributed by atoms with Crippen molar-refractivity contribution in [1.29, 1.82) is 0 Å². The van der Waals surface area contributed by atoms with E-state index >= 15 is 0 Å². The third-order valence-electron chi connectivity index (χ3n) is 4.97. The van der Waals surface area contributed by atoms with E-state index < -0.39 is 0 Å². The maximum absolute atomic E-state index is 5.89. The van der Waals surface area contributed by atoms with Crippen molar-refractivity contribution < 1.29 is 23.7 Å². The van der Waals surface area contributed by atoms with E-state index in [1.54, 1.807) is 0 Å². The second-order valence-corrected chi connectivity index (χ2v) is 11.4. The van der Waals surface area contributed by atoms with E-state index in [1.165, 1.54) is 12.3 Å². The monoisotopic (exact) mass is 525 g/mol. The highest BCUT2D eigenvalue weighted by atomic mass is 31.1. The fraction of sp³-hybridized carbons (Fsp3) is 1.00. The minimum atomic E-state index is -0.0289. The van der Waals surface area contributed by atoms with E-state index in [-0.39, 0.29) is 12.6 Å². The second-order valence-electron chi connectivity index (χ2n) is 8.56. The number of hydrogen-bond acceptors (Lipinski definition) is 6. The quantitative estimate of drug-likeness (QED) is 0.0729. The smallest absolute Gasteiger partial charge is 0.161 e. The Morgan fingerprint density at radius 2 is 0.941 bits per heavy atom. The van der Waals surface area contributed by atoms with Crippen LogP contribution in [-0.2, 0) is 23.7 Å². The summed E-state index contributed by atoms with van der Waals surface area (Å²) in [4.78, 5) is 2.62. The maximum atomic E-state index is 5.89. The van der Waals surface area contributed by atoms with Crippen LogP contribution in [0.2, 0.25) is 0 Å². The molecule has 0 rings (SSSR count). The van der Waals surface area contributed by atoms with Gasteiger partial charge in [-0.3, -0.25) is 0 Å². The van der Waals surface area contributed by atoms with E-state index in [9.17, 15) is 0 Å². The Balaban J connectivity index is 4.38. The number of ether oxygens (including phenoxy) is 5. The summed E-state index contributed by atoms with van der Waals surface area (Å²) in [5.74, 6) is 0. The van der Waals surface area contributed by atoms with Gasteiger partial charge in [-0.2, -0.15) is 0 Å². The molecule has 0 saturated carbocycles. The van der Waals surface area contributed by atoms with Gasteiger partial charge in [-0.25, -0.2) is 0 Å². The summed E-state index contributed by atoms with van der Waals surface area (Å²) in [7, 11) is 1.75. The molecule has 0 aliphatic carbocycles. The summed E-state index contributed by atoms with van der Waals surface area (Å²) < 4.78 is 29.3. The molecule has 0 spiro atoms. The largest absolute Gasteiger partial charge is 0.381 e. The molecule has 0 aromatic carbocycles. The highest BCUT2D eigenvalue weighted by Gasteiger charge is 2.12. The Kier molecular flexibility index (Phi) is 28.7. The molecule has 0 saturated heterocycles. The van der Waals surface area contributed by atoms with Crippen LogP contribution in [-0.4, -0.2) is 101 Å². The van der Waals surface area contributed by atoms with E-state index in [0.717, 1.165) is 127 Å². The zero-order valence-corrected chi connectivity index (χ0v) is 25.1. The van der Waals surface area contributed by atoms with Gasteiger partial charge in [0.05, 0.1) is 0 Å². The average Bonchev–Trinajstić information content (AvgIpc) is 2.85. The highest BCUT2D eigenvalue weighted by Crippen LogP contribution is 2.18. The molecule has 0 fully saturated rings. The van der Waals surface area contributed by atoms with Gasteiger partial charge in [-0.15, -0.1) is 17.2 Å². The van der Waals surface area contributed by atoms with E-state index in [4.69, 9.17) is 23.7 Å². The van der Waals surface area contributed by atoms with Crippen molar-refractivity contribution in [2.45, 2.75) is 85.7 Å². The summed E-state index contributed by atoms with van der Waals surface area (Å²) in [6.07, 6.45) is 10.7. The van der Waals surface area contributed by atoms with Crippen molar-refractivity contribution in [3.05, 3.63) is 0 Å². The third kappa shape index (κ3) is 23.0. The minimum Gasteiger partial charge on any atom is -0.381 e. The van der Waals surface area contributed by atoms with Crippen LogP contribution in [0.4, 0.5) is 0 Å². The van der Waals surface area contributed by atoms with E-state index in [1.807, 2.05) is 0 Å². The highest BCUT2D eigenvalue weighted by molar-refractivity contribution is 7.38. The second kappa shape index (κ2) is 28.2. The van der Waals surface area contributed by atoms with Crippen molar-refractivity contribution >= 4 is 17.2 Å². The van der Waals surface area contributed by atoms with Gasteiger partial charge in [0.15, 0.2) is 12.6 Å². The first-order valence-electron chi connectivity index (χ1n) is 13.9. The van der Waals surface area contributed by atoms with E-state index in [0.29, 0.717) is 0 Å². The van der Waals surface area contributed by atoms with Crippen LogP contribution < -0.4 is 0 Å². The van der Waals surface area contributed by atoms with Crippen LogP contribution in [0.15, 0.2) is 0 Å². The summed E-state index contributed by atoms with van der Waals surface area (Å²) >= 11 is 0. The van der Waals surface area contributed by atoms with Gasteiger partial charge < -0.3 is 28.6 Å². The Hall–Kier alpha value is 0.620. The van der Waals surface area contributed by atoms with Gasteiger partial charge in [-0.1, -0.05) is 34.6 Å². The zero-order valence-electron chi connectivity index (χ0n) is 23.1. The van der Waals surface area contributed by atoms with Crippen LogP contribution in [0.1, 0.15) is 73.1 Å². The summed E-state index contributed by atoms with van der Waals surface area (Å²) in [6, 6.07) is 0. The fourth-order valence-corrected chi connectivity index (χ4v) is 5.52. The maximum Gasteiger partial charge on any atom is 0.161 e. The number of rotatable bonds is 28. The molecule has 206 valence electrons. The van der Waals surface area contributed by atoms with Crippen LogP contribution in [0, 0.1) is 0 Å². The molecule has 2 unspecified atom stereocenters. The first kappa shape index (κ1) is 34.6. The van der Waals surface area contributed by atoms with Crippen LogP contribution in [0.5, 0.6) is 0 Å². The molecule has 0 radical (unpaired) electrons. The molecule has 0 amide bonds. The molecule has 6 nitrogen and oxygen atoms in total. The Morgan fingerprint density at radius 1 is 0.529 bits per heavy atom. The van der Waals surface area contributed by atoms with Crippen molar-refractivity contribution in [1.82, 2.24) is 4.90 Å². The predicted molar refractivity (Wildman–Crippen MR) is 151 cm³/mol. The summed E-state index contributed by atoms with van der Waals surface area (Å²) in [5.41, 5.74) is 0. The summed E-state index contributed by atoms with van der Waals surface area (Å²) in [5, 5.41) is 0. The Bertz CT molecular complexity index is 352. The van der Waals surface area contributed by atoms with E-state index in [2.05, 4.69) is 39.5 Å². The first-order chi connectivity index (χ1) is 16.7. The molecule has 0 heterocycles. The minimum absolute atomic E-state index is 0.0289. The van der Waals surface area contributed by atoms with Gasteiger partial charge >= 0.3 is 0 Å². The standard InChI is InChI=1S/C26H57NO5P2/c1-6-15-28-20-11-12-27(13-21-33-23-25(29-16-7-2)30-17-8-3)14-22-34-24-26(31-18-9-4)32-19-10-5/h25-26,33-34H,6-24H2,1-5H3. The lowest BCUT2D eigenvalue weighted by Gasteiger charge is -2.24. The Morgan fingerprint density at radius 3 is 1.32 bits per heavy atom. The van der Waals surface area contributed by atoms with Crippen molar-refractivity contribution in [2.75, 3.05) is 83.9 Å². The normalized spacial score (nSPS) is 12.7. The molecule has 0 aliphatic heterocycles. The fourth-order valence-electron chi connectivity index (χ4n) is 3.22. The average molecular weight is 526 g/mol. The molecular formula is C26H57NO5P2. The van der Waals surface area contributed by atoms with Crippen molar-refractivity contribution in [3.8, 4) is 0 Å². The summed E-state index contributed by atoms with van der Waals surface area (Å²) in [6.45, 7) is 19.0. The molecule has 0 aromatic rings. The van der Waals surface area contributed by atoms with Gasteiger partial charge in [0.2, 0.25) is 0 Å². The predicted octanol–water partition coefficient (Wildman–Crippen LogP) is 5.82. The molecule has 0 N–H and O–H groups in total. The Labute approximate surface area is 215 Å². The molecular weight excluding hydrogens is 468 g/mol. The third-order valence-corrected chi connectivity index (χ3v) is 7.37. The van der Waals surface area contributed by atoms with Gasteiger partial charge in [0, 0.05) is 71.6 Å². The molecule has 0 aliphatic rings. The SMILES string of the molecule is CCCOCCCN(CCPCC(OCCC)OCCC)CCPCC(OCCC)OCCC. The molecule has 0 aromatic heterocycles. The van der Waals surface area contributed by atoms with Crippen LogP contribution in [0.3, 0.4) is 0 Å². The topological polar surface area (TPSA) is 49.4 Å². The number of hydrogen-bond donors (Lipinski definition) is 0. The van der Waals surface area contributed by atoms with Gasteiger partial charge in [0.25, 0.3) is 0 Å². The zero-order chi connectivity index (χ0) is 25.1. The van der Waals surface area contributed by atoms with Gasteiger partial charge in [0.1, 0.15) is 0 Å². The van der Waals surface area contributed by atoms with Gasteiger partial charge in [-0.05, 0) is 50.8 Å². The first-order valence-corrected chi connectivity index (χ1v) is 16.7. The molecule has 2 atom stereocenters. The molecule has 8 heteroatoms.